The molecule has 0 saturated heterocycles. The Labute approximate surface area is 124 Å². The van der Waals surface area contributed by atoms with Gasteiger partial charge in [-0.2, -0.15) is 0 Å². The Bertz CT molecular complexity index is 801. The minimum atomic E-state index is -0.661. The first-order valence-electron chi connectivity index (χ1n) is 6.47. The number of nitrogens with zero attached hydrogens (tertiary/aromatic N) is 2. The molecule has 3 rings (SSSR count). The summed E-state index contributed by atoms with van der Waals surface area (Å²) in [5, 5.41) is 6.56. The van der Waals surface area contributed by atoms with Crippen LogP contribution in [0.3, 0.4) is 0 Å². The van der Waals surface area contributed by atoms with Crippen molar-refractivity contribution in [2.75, 3.05) is 5.32 Å². The van der Waals surface area contributed by atoms with Gasteiger partial charge in [0.1, 0.15) is 16.3 Å². The first kappa shape index (κ1) is 13.9. The molecule has 6 heteroatoms. The molecule has 0 saturated carbocycles. The van der Waals surface area contributed by atoms with Crippen molar-refractivity contribution < 1.29 is 8.78 Å². The first-order valence-corrected chi connectivity index (χ1v) is 7.35. The monoisotopic (exact) mass is 305 g/mol. The standard InChI is InChI=1S/C15H13F2N3S/c1-8-7-21-15(19-8)9(2)20-13-3-4-18-14-11(13)5-10(16)6-12(14)17/h3-7,9H,1-2H3,(H,18,20). The topological polar surface area (TPSA) is 37.8 Å². The molecule has 21 heavy (non-hydrogen) atoms. The van der Waals surface area contributed by atoms with Crippen LogP contribution in [0.1, 0.15) is 23.7 Å². The Balaban J connectivity index is 2.01. The van der Waals surface area contributed by atoms with Gasteiger partial charge in [-0.1, -0.05) is 0 Å². The van der Waals surface area contributed by atoms with E-state index in [1.807, 2.05) is 19.2 Å². The summed E-state index contributed by atoms with van der Waals surface area (Å²) in [7, 11) is 0. The number of rotatable bonds is 3. The van der Waals surface area contributed by atoms with Crippen molar-refractivity contribution in [3.63, 3.8) is 0 Å². The number of fused-ring (bicyclic) bond motifs is 1. The van der Waals surface area contributed by atoms with Crippen LogP contribution in [0.4, 0.5) is 14.5 Å². The van der Waals surface area contributed by atoms with Crippen LogP contribution in [-0.2, 0) is 0 Å². The number of nitrogens with one attached hydrogen (secondary N) is 1. The van der Waals surface area contributed by atoms with Crippen molar-refractivity contribution >= 4 is 27.9 Å². The van der Waals surface area contributed by atoms with Crippen molar-refractivity contribution in [2.45, 2.75) is 19.9 Å². The fourth-order valence-corrected chi connectivity index (χ4v) is 2.97. The van der Waals surface area contributed by atoms with Gasteiger partial charge in [0.05, 0.1) is 6.04 Å². The fraction of sp³-hybridized carbons (Fsp3) is 0.200. The van der Waals surface area contributed by atoms with E-state index in [2.05, 4.69) is 15.3 Å². The van der Waals surface area contributed by atoms with E-state index in [-0.39, 0.29) is 11.6 Å². The van der Waals surface area contributed by atoms with E-state index < -0.39 is 11.6 Å². The van der Waals surface area contributed by atoms with Gasteiger partial charge in [0.15, 0.2) is 5.82 Å². The summed E-state index contributed by atoms with van der Waals surface area (Å²) in [6, 6.07) is 3.78. The van der Waals surface area contributed by atoms with E-state index in [9.17, 15) is 8.78 Å². The van der Waals surface area contributed by atoms with Crippen LogP contribution in [0.5, 0.6) is 0 Å². The summed E-state index contributed by atoms with van der Waals surface area (Å²) >= 11 is 1.55. The number of hydrogen-bond donors (Lipinski definition) is 1. The quantitative estimate of drug-likeness (QED) is 0.777. The second kappa shape index (κ2) is 5.37. The maximum atomic E-state index is 13.8. The van der Waals surface area contributed by atoms with Gasteiger partial charge in [0.25, 0.3) is 0 Å². The average Bonchev–Trinajstić information content (AvgIpc) is 2.86. The third kappa shape index (κ3) is 2.71. The summed E-state index contributed by atoms with van der Waals surface area (Å²) in [6.45, 7) is 3.89. The summed E-state index contributed by atoms with van der Waals surface area (Å²) in [4.78, 5) is 8.39. The van der Waals surface area contributed by atoms with Crippen LogP contribution in [-0.4, -0.2) is 9.97 Å². The van der Waals surface area contributed by atoms with Gasteiger partial charge in [-0.15, -0.1) is 11.3 Å². The van der Waals surface area contributed by atoms with Gasteiger partial charge >= 0.3 is 0 Å². The second-order valence-electron chi connectivity index (χ2n) is 4.84. The molecule has 0 radical (unpaired) electrons. The van der Waals surface area contributed by atoms with Crippen molar-refractivity contribution in [3.8, 4) is 0 Å². The van der Waals surface area contributed by atoms with Crippen LogP contribution < -0.4 is 5.32 Å². The third-order valence-electron chi connectivity index (χ3n) is 3.14. The lowest BCUT2D eigenvalue weighted by Gasteiger charge is -2.14. The van der Waals surface area contributed by atoms with Crippen molar-refractivity contribution in [2.24, 2.45) is 0 Å². The van der Waals surface area contributed by atoms with E-state index in [1.54, 1.807) is 17.4 Å². The zero-order valence-electron chi connectivity index (χ0n) is 11.5. The number of halogens is 2. The largest absolute Gasteiger partial charge is 0.375 e. The molecule has 2 aromatic heterocycles. The summed E-state index contributed by atoms with van der Waals surface area (Å²) in [6.07, 6.45) is 1.51. The molecule has 1 atom stereocenters. The highest BCUT2D eigenvalue weighted by Crippen LogP contribution is 2.29. The lowest BCUT2D eigenvalue weighted by atomic mass is 10.1. The number of thiazole rings is 1. The predicted octanol–water partition coefficient (Wildman–Crippen LogP) is 4.45. The second-order valence-corrected chi connectivity index (χ2v) is 5.73. The van der Waals surface area contributed by atoms with Crippen molar-refractivity contribution in [3.05, 3.63) is 52.1 Å². The normalized spacial score (nSPS) is 12.6. The number of hydrogen-bond acceptors (Lipinski definition) is 4. The molecule has 108 valence electrons. The highest BCUT2D eigenvalue weighted by molar-refractivity contribution is 7.09. The van der Waals surface area contributed by atoms with Crippen molar-refractivity contribution in [1.29, 1.82) is 0 Å². The molecule has 0 aliphatic rings. The molecule has 0 fully saturated rings. The number of pyridine rings is 1. The molecule has 0 bridgehead atoms. The van der Waals surface area contributed by atoms with Crippen LogP contribution in [0.2, 0.25) is 0 Å². The fourth-order valence-electron chi connectivity index (χ4n) is 2.17. The van der Waals surface area contributed by atoms with Gasteiger partial charge in [0.2, 0.25) is 0 Å². The van der Waals surface area contributed by atoms with Gasteiger partial charge in [0, 0.05) is 34.4 Å². The Hall–Kier alpha value is -2.08. The summed E-state index contributed by atoms with van der Waals surface area (Å²) in [5.41, 5.74) is 1.75. The lowest BCUT2D eigenvalue weighted by molar-refractivity contribution is 0.590. The number of benzene rings is 1. The average molecular weight is 305 g/mol. The molecule has 0 aliphatic heterocycles. The van der Waals surface area contributed by atoms with Crippen LogP contribution in [0, 0.1) is 18.6 Å². The molecule has 1 aromatic carbocycles. The van der Waals surface area contributed by atoms with Crippen molar-refractivity contribution in [1.82, 2.24) is 9.97 Å². The zero-order chi connectivity index (χ0) is 15.0. The molecule has 3 nitrogen and oxygen atoms in total. The third-order valence-corrected chi connectivity index (χ3v) is 4.29. The molecule has 1 unspecified atom stereocenters. The number of aryl methyl sites for hydroxylation is 1. The Morgan fingerprint density at radius 1 is 1.29 bits per heavy atom. The smallest absolute Gasteiger partial charge is 0.152 e. The summed E-state index contributed by atoms with van der Waals surface area (Å²) in [5.74, 6) is -1.28. The minimum absolute atomic E-state index is 0.0550. The molecule has 0 amide bonds. The maximum absolute atomic E-state index is 13.8. The van der Waals surface area contributed by atoms with Crippen LogP contribution >= 0.6 is 11.3 Å². The van der Waals surface area contributed by atoms with Crippen LogP contribution in [0.25, 0.3) is 10.9 Å². The number of aromatic nitrogens is 2. The van der Waals surface area contributed by atoms with E-state index >= 15 is 0 Å². The minimum Gasteiger partial charge on any atom is -0.375 e. The predicted molar refractivity (Wildman–Crippen MR) is 80.5 cm³/mol. The van der Waals surface area contributed by atoms with Gasteiger partial charge in [-0.3, -0.25) is 4.98 Å². The van der Waals surface area contributed by atoms with Gasteiger partial charge < -0.3 is 5.32 Å². The molecule has 0 aliphatic carbocycles. The lowest BCUT2D eigenvalue weighted by Crippen LogP contribution is -2.07. The van der Waals surface area contributed by atoms with E-state index in [0.29, 0.717) is 11.1 Å². The van der Waals surface area contributed by atoms with E-state index in [4.69, 9.17) is 0 Å². The zero-order valence-corrected chi connectivity index (χ0v) is 12.3. The molecule has 2 heterocycles. The summed E-state index contributed by atoms with van der Waals surface area (Å²) < 4.78 is 27.2. The Morgan fingerprint density at radius 2 is 2.10 bits per heavy atom. The van der Waals surface area contributed by atoms with Gasteiger partial charge in [-0.05, 0) is 26.0 Å². The highest BCUT2D eigenvalue weighted by Gasteiger charge is 2.13. The highest BCUT2D eigenvalue weighted by atomic mass is 32.1. The maximum Gasteiger partial charge on any atom is 0.152 e. The molecular formula is C15H13F2N3S. The van der Waals surface area contributed by atoms with E-state index in [1.165, 1.54) is 12.3 Å². The Morgan fingerprint density at radius 3 is 2.81 bits per heavy atom. The van der Waals surface area contributed by atoms with E-state index in [0.717, 1.165) is 16.8 Å². The molecular weight excluding hydrogens is 292 g/mol. The molecule has 1 N–H and O–H groups in total. The Kier molecular flexibility index (Phi) is 3.55. The SMILES string of the molecule is Cc1csc(C(C)Nc2ccnc3c(F)cc(F)cc23)n1. The number of anilines is 1. The first-order chi connectivity index (χ1) is 10.0. The molecule has 3 aromatic rings. The van der Waals surface area contributed by atoms with Crippen LogP contribution in [0.15, 0.2) is 29.8 Å². The van der Waals surface area contributed by atoms with Gasteiger partial charge in [-0.25, -0.2) is 13.8 Å². The molecule has 0 spiro atoms.